The lowest BCUT2D eigenvalue weighted by atomic mass is 10.1. The molecule has 5 heteroatoms. The minimum Gasteiger partial charge on any atom is -0.481 e. The zero-order valence-corrected chi connectivity index (χ0v) is 15.7. The molecule has 29 heavy (non-hydrogen) atoms. The number of fused-ring (bicyclic) bond motifs is 1. The topological polar surface area (TPSA) is 79.0 Å². The normalized spacial score (nSPS) is 12.5. The second-order valence-corrected chi connectivity index (χ2v) is 7.25. The van der Waals surface area contributed by atoms with Gasteiger partial charge in [0.05, 0.1) is 16.4 Å². The largest absolute Gasteiger partial charge is 0.481 e. The minimum absolute atomic E-state index is 0.114. The molecule has 0 bridgehead atoms. The zero-order valence-electron chi connectivity index (χ0n) is 15.7. The van der Waals surface area contributed by atoms with E-state index in [2.05, 4.69) is 22.8 Å². The van der Waals surface area contributed by atoms with Crippen LogP contribution in [0.2, 0.25) is 0 Å². The standard InChI is InChI=1S/C24H19N3O2/c25-24-17-9-4-7-15-6-3-8-16(23(15)17)18(24)14-21-26-19-10-1-2-11-20(19)27(21)13-5-12-22(28)29/h1-4,6-11,14,25H,5,12-13H2,(H,28,29). The van der Waals surface area contributed by atoms with Gasteiger partial charge in [0.25, 0.3) is 0 Å². The first kappa shape index (κ1) is 17.4. The van der Waals surface area contributed by atoms with Crippen molar-refractivity contribution in [3.05, 3.63) is 77.1 Å². The Bertz CT molecular complexity index is 1480. The number of para-hydroxylation sites is 2. The van der Waals surface area contributed by atoms with Crippen LogP contribution >= 0.6 is 0 Å². The van der Waals surface area contributed by atoms with E-state index < -0.39 is 5.97 Å². The summed E-state index contributed by atoms with van der Waals surface area (Å²) in [5.74, 6) is -0.0461. The Kier molecular flexibility index (Phi) is 4.02. The lowest BCUT2D eigenvalue weighted by Gasteiger charge is -2.06. The van der Waals surface area contributed by atoms with E-state index in [9.17, 15) is 4.79 Å². The molecule has 1 aromatic heterocycles. The van der Waals surface area contributed by atoms with E-state index in [0.29, 0.717) is 18.3 Å². The molecule has 0 saturated carbocycles. The highest BCUT2D eigenvalue weighted by molar-refractivity contribution is 6.11. The van der Waals surface area contributed by atoms with Crippen LogP contribution in [0.1, 0.15) is 18.7 Å². The molecule has 4 aromatic carbocycles. The van der Waals surface area contributed by atoms with E-state index >= 15 is 0 Å². The molecule has 0 unspecified atom stereocenters. The van der Waals surface area contributed by atoms with Crippen molar-refractivity contribution < 1.29 is 9.90 Å². The van der Waals surface area contributed by atoms with Crippen molar-refractivity contribution in [3.8, 4) is 0 Å². The second-order valence-electron chi connectivity index (χ2n) is 7.25. The summed E-state index contributed by atoms with van der Waals surface area (Å²) in [5.41, 5.74) is 1.85. The van der Waals surface area contributed by atoms with Gasteiger partial charge in [-0.25, -0.2) is 4.98 Å². The van der Waals surface area contributed by atoms with E-state index in [1.807, 2.05) is 48.5 Å². The van der Waals surface area contributed by atoms with E-state index in [1.165, 1.54) is 0 Å². The molecule has 0 radical (unpaired) electrons. The maximum atomic E-state index is 11.0. The number of aliphatic carboxylic acids is 1. The van der Waals surface area contributed by atoms with Gasteiger partial charge in [-0.15, -0.1) is 0 Å². The summed E-state index contributed by atoms with van der Waals surface area (Å²) in [4.78, 5) is 15.7. The molecule has 0 spiro atoms. The monoisotopic (exact) mass is 381 g/mol. The first-order valence-corrected chi connectivity index (χ1v) is 9.63. The minimum atomic E-state index is -0.797. The summed E-state index contributed by atoms with van der Waals surface area (Å²) in [6.07, 6.45) is 2.61. The van der Waals surface area contributed by atoms with Gasteiger partial charge in [0.1, 0.15) is 5.82 Å². The Labute approximate surface area is 166 Å². The van der Waals surface area contributed by atoms with Gasteiger partial charge in [-0.1, -0.05) is 48.5 Å². The highest BCUT2D eigenvalue weighted by Gasteiger charge is 2.12. The number of nitrogens with one attached hydrogen (secondary N) is 1. The van der Waals surface area contributed by atoms with Crippen LogP contribution in [-0.2, 0) is 11.3 Å². The average Bonchev–Trinajstić information content (AvgIpc) is 3.20. The number of nitrogens with zero attached hydrogens (tertiary/aromatic N) is 2. The number of hydrogen-bond acceptors (Lipinski definition) is 3. The summed E-state index contributed by atoms with van der Waals surface area (Å²) in [6, 6.07) is 20.1. The summed E-state index contributed by atoms with van der Waals surface area (Å²) >= 11 is 0. The lowest BCUT2D eigenvalue weighted by molar-refractivity contribution is -0.137. The Morgan fingerprint density at radius 3 is 2.59 bits per heavy atom. The molecule has 142 valence electrons. The molecule has 5 aromatic rings. The Balaban J connectivity index is 1.76. The number of carboxylic acid groups (broad SMARTS) is 1. The van der Waals surface area contributed by atoms with Crippen molar-refractivity contribution in [1.82, 2.24) is 9.55 Å². The van der Waals surface area contributed by atoms with Gasteiger partial charge in [0.15, 0.2) is 0 Å². The van der Waals surface area contributed by atoms with Gasteiger partial charge < -0.3 is 9.67 Å². The predicted molar refractivity (Wildman–Crippen MR) is 114 cm³/mol. The molecule has 1 heterocycles. The third-order valence-corrected chi connectivity index (χ3v) is 5.46. The third kappa shape index (κ3) is 2.83. The smallest absolute Gasteiger partial charge is 0.303 e. The molecule has 0 aliphatic heterocycles. The molecule has 5 nitrogen and oxygen atoms in total. The number of benzene rings is 3. The molecule has 2 N–H and O–H groups in total. The second kappa shape index (κ2) is 6.71. The highest BCUT2D eigenvalue weighted by atomic mass is 16.4. The van der Waals surface area contributed by atoms with E-state index in [4.69, 9.17) is 15.5 Å². The first-order valence-electron chi connectivity index (χ1n) is 9.63. The maximum Gasteiger partial charge on any atom is 0.303 e. The van der Waals surface area contributed by atoms with Gasteiger partial charge in [0, 0.05) is 23.6 Å². The number of rotatable bonds is 5. The van der Waals surface area contributed by atoms with Crippen molar-refractivity contribution in [2.45, 2.75) is 19.4 Å². The molecule has 0 fully saturated rings. The summed E-state index contributed by atoms with van der Waals surface area (Å²) < 4.78 is 2.06. The van der Waals surface area contributed by atoms with Crippen LogP contribution in [0.3, 0.4) is 0 Å². The van der Waals surface area contributed by atoms with Crippen molar-refractivity contribution in [3.63, 3.8) is 0 Å². The van der Waals surface area contributed by atoms with E-state index in [1.54, 1.807) is 0 Å². The fourth-order valence-corrected chi connectivity index (χ4v) is 4.16. The average molecular weight is 381 g/mol. The van der Waals surface area contributed by atoms with Crippen molar-refractivity contribution in [2.24, 2.45) is 0 Å². The van der Waals surface area contributed by atoms with Gasteiger partial charge >= 0.3 is 5.97 Å². The molecule has 0 atom stereocenters. The van der Waals surface area contributed by atoms with Gasteiger partial charge in [0.2, 0.25) is 0 Å². The van der Waals surface area contributed by atoms with Gasteiger partial charge in [-0.05, 0) is 40.8 Å². The van der Waals surface area contributed by atoms with Crippen LogP contribution in [-0.4, -0.2) is 20.6 Å². The van der Waals surface area contributed by atoms with Gasteiger partial charge in [-0.3, -0.25) is 10.2 Å². The lowest BCUT2D eigenvalue weighted by Crippen LogP contribution is -2.20. The fourth-order valence-electron chi connectivity index (χ4n) is 4.16. The fraction of sp³-hybridized carbons (Fsp3) is 0.125. The first-order chi connectivity index (χ1) is 14.1. The number of hydrogen-bond donors (Lipinski definition) is 2. The number of carboxylic acids is 1. The summed E-state index contributed by atoms with van der Waals surface area (Å²) in [6.45, 7) is 0.566. The quantitative estimate of drug-likeness (QED) is 0.487. The Morgan fingerprint density at radius 2 is 1.79 bits per heavy atom. The van der Waals surface area contributed by atoms with E-state index in [0.717, 1.165) is 43.6 Å². The van der Waals surface area contributed by atoms with Crippen LogP contribution in [0.25, 0.3) is 38.7 Å². The highest BCUT2D eigenvalue weighted by Crippen LogP contribution is 2.23. The molecule has 0 aliphatic rings. The number of imidazole rings is 1. The number of aromatic nitrogens is 2. The van der Waals surface area contributed by atoms with Crippen LogP contribution in [0, 0.1) is 5.41 Å². The van der Waals surface area contributed by atoms with Crippen LogP contribution in [0.5, 0.6) is 0 Å². The van der Waals surface area contributed by atoms with Crippen LogP contribution < -0.4 is 10.6 Å². The SMILES string of the molecule is N=c1c(=Cc2nc3ccccc3n2CCCC(=O)O)c2cccc3cccc1c32. The van der Waals surface area contributed by atoms with Crippen molar-refractivity contribution in [2.75, 3.05) is 0 Å². The maximum absolute atomic E-state index is 11.0. The molecule has 5 rings (SSSR count). The van der Waals surface area contributed by atoms with Crippen LogP contribution in [0.4, 0.5) is 0 Å². The Hall–Kier alpha value is -3.73. The zero-order chi connectivity index (χ0) is 20.0. The number of carbonyl (C=O) groups is 1. The molecular weight excluding hydrogens is 362 g/mol. The third-order valence-electron chi connectivity index (χ3n) is 5.46. The van der Waals surface area contributed by atoms with Crippen molar-refractivity contribution >= 4 is 44.6 Å². The molecule has 0 saturated heterocycles. The van der Waals surface area contributed by atoms with Crippen LogP contribution in [0.15, 0.2) is 60.7 Å². The van der Waals surface area contributed by atoms with Crippen molar-refractivity contribution in [1.29, 1.82) is 5.41 Å². The summed E-state index contributed by atoms with van der Waals surface area (Å²) in [5, 5.41) is 23.3. The molecule has 0 amide bonds. The Morgan fingerprint density at radius 1 is 1.03 bits per heavy atom. The van der Waals surface area contributed by atoms with Gasteiger partial charge in [-0.2, -0.15) is 0 Å². The van der Waals surface area contributed by atoms with E-state index in [-0.39, 0.29) is 6.42 Å². The number of aryl methyl sites for hydroxylation is 1. The molecular formula is C24H19N3O2. The molecule has 0 aliphatic carbocycles. The summed E-state index contributed by atoms with van der Waals surface area (Å²) in [7, 11) is 0. The predicted octanol–water partition coefficient (Wildman–Crippen LogP) is 3.67.